The van der Waals surface area contributed by atoms with E-state index in [4.69, 9.17) is 0 Å². The molecule has 4 aromatic heterocycles. The molecular weight excluding hydrogens is 741 g/mol. The highest BCUT2D eigenvalue weighted by molar-refractivity contribution is 7.18. The smallest absolute Gasteiger partial charge is 0.0601 e. The van der Waals surface area contributed by atoms with Gasteiger partial charge >= 0.3 is 0 Å². The molecule has 0 aliphatic heterocycles. The van der Waals surface area contributed by atoms with Crippen molar-refractivity contribution in [3.8, 4) is 0 Å². The van der Waals surface area contributed by atoms with Crippen LogP contribution in [0.25, 0.3) is 42.2 Å². The average Bonchev–Trinajstić information content (AvgIpc) is 4.02. The number of unbranched alkanes of at least 4 members (excludes halogenated alkanes) is 24. The van der Waals surface area contributed by atoms with E-state index in [0.29, 0.717) is 0 Å². The zero-order chi connectivity index (χ0) is 40.6. The van der Waals surface area contributed by atoms with E-state index in [1.807, 2.05) is 22.7 Å². The van der Waals surface area contributed by atoms with E-state index in [0.717, 1.165) is 11.8 Å². The van der Waals surface area contributed by atoms with E-state index in [1.54, 1.807) is 0 Å². The van der Waals surface area contributed by atoms with Crippen LogP contribution in [0, 0.1) is 11.8 Å². The van der Waals surface area contributed by atoms with Crippen LogP contribution in [0.5, 0.6) is 0 Å². The third kappa shape index (κ3) is 14.7. The number of aromatic nitrogens is 2. The van der Waals surface area contributed by atoms with Gasteiger partial charge in [0, 0.05) is 23.9 Å². The van der Waals surface area contributed by atoms with Crippen LogP contribution in [0.2, 0.25) is 0 Å². The fraction of sp³-hybridized carbons (Fsp3) is 0.741. The zero-order valence-corrected chi connectivity index (χ0v) is 40.0. The van der Waals surface area contributed by atoms with E-state index in [9.17, 15) is 0 Å². The first-order valence-corrected chi connectivity index (χ1v) is 27.3. The van der Waals surface area contributed by atoms with Gasteiger partial charge in [-0.05, 0) is 72.5 Å². The van der Waals surface area contributed by atoms with E-state index in [1.165, 1.54) is 261 Å². The molecule has 5 aromatic rings. The van der Waals surface area contributed by atoms with Crippen molar-refractivity contribution in [2.45, 2.75) is 246 Å². The fourth-order valence-corrected chi connectivity index (χ4v) is 12.0. The van der Waals surface area contributed by atoms with Crippen LogP contribution in [-0.2, 0) is 13.1 Å². The van der Waals surface area contributed by atoms with Crippen LogP contribution in [-0.4, -0.2) is 9.13 Å². The molecule has 326 valence electrons. The Morgan fingerprint density at radius 2 is 0.638 bits per heavy atom. The predicted octanol–water partition coefficient (Wildman–Crippen LogP) is 19.8. The second-order valence-electron chi connectivity index (χ2n) is 18.7. The molecule has 5 rings (SSSR count). The lowest BCUT2D eigenvalue weighted by Gasteiger charge is -2.20. The molecule has 0 amide bonds. The molecular formula is C54H88N2S2. The molecule has 2 unspecified atom stereocenters. The number of fused-ring (bicyclic) bond motifs is 6. The maximum absolute atomic E-state index is 2.79. The van der Waals surface area contributed by atoms with E-state index in [-0.39, 0.29) is 0 Å². The van der Waals surface area contributed by atoms with E-state index in [2.05, 4.69) is 71.9 Å². The molecule has 58 heavy (non-hydrogen) atoms. The standard InChI is InChI=1S/C54H88N2S2/c1-5-9-13-17-21-23-27-31-35-45(33-29-25-19-15-11-7-3)43-55-49-37-39-57-53(49)47-42-52-48(41-51(47)55)54-50(38-40-58-54)56(52)44-46(34-30-26-20-16-12-8-4)36-32-28-24-22-18-14-10-6-2/h37-42,45-46H,5-36,43-44H2,1-4H3. The van der Waals surface area contributed by atoms with Crippen molar-refractivity contribution in [2.75, 3.05) is 0 Å². The molecule has 1 aromatic carbocycles. The molecule has 2 nitrogen and oxygen atoms in total. The molecule has 4 heterocycles. The molecule has 0 radical (unpaired) electrons. The van der Waals surface area contributed by atoms with Crippen molar-refractivity contribution in [3.63, 3.8) is 0 Å². The Hall–Kier alpha value is -1.78. The quantitative estimate of drug-likeness (QED) is 0.0356. The van der Waals surface area contributed by atoms with Gasteiger partial charge in [-0.1, -0.05) is 207 Å². The van der Waals surface area contributed by atoms with E-state index < -0.39 is 0 Å². The van der Waals surface area contributed by atoms with Gasteiger partial charge in [0.25, 0.3) is 0 Å². The number of benzene rings is 1. The Bertz CT molecular complexity index is 1650. The van der Waals surface area contributed by atoms with Gasteiger partial charge in [0.2, 0.25) is 0 Å². The Kier molecular flexibility index (Phi) is 22.8. The van der Waals surface area contributed by atoms with Crippen LogP contribution < -0.4 is 0 Å². The summed E-state index contributed by atoms with van der Waals surface area (Å²) in [5.74, 6) is 1.54. The normalized spacial score (nSPS) is 13.3. The second-order valence-corrected chi connectivity index (χ2v) is 20.6. The second kappa shape index (κ2) is 27.9. The van der Waals surface area contributed by atoms with Crippen molar-refractivity contribution < 1.29 is 0 Å². The highest BCUT2D eigenvalue weighted by Crippen LogP contribution is 2.42. The molecule has 0 spiro atoms. The average molecular weight is 829 g/mol. The largest absolute Gasteiger partial charge is 0.339 e. The number of hydrogen-bond acceptors (Lipinski definition) is 2. The Labute approximate surface area is 365 Å². The first-order valence-electron chi connectivity index (χ1n) is 25.6. The van der Waals surface area contributed by atoms with E-state index >= 15 is 0 Å². The van der Waals surface area contributed by atoms with Crippen LogP contribution in [0.1, 0.15) is 233 Å². The third-order valence-electron chi connectivity index (χ3n) is 13.8. The molecule has 0 bridgehead atoms. The summed E-state index contributed by atoms with van der Waals surface area (Å²) in [5, 5.41) is 7.74. The zero-order valence-electron chi connectivity index (χ0n) is 38.4. The number of hydrogen-bond donors (Lipinski definition) is 0. The predicted molar refractivity (Wildman–Crippen MR) is 266 cm³/mol. The first kappa shape index (κ1) is 47.3. The minimum atomic E-state index is 0.770. The molecule has 0 N–H and O–H groups in total. The van der Waals surface area contributed by atoms with Crippen LogP contribution >= 0.6 is 22.7 Å². The van der Waals surface area contributed by atoms with Crippen molar-refractivity contribution in [1.29, 1.82) is 0 Å². The monoisotopic (exact) mass is 829 g/mol. The van der Waals surface area contributed by atoms with Gasteiger partial charge in [-0.15, -0.1) is 22.7 Å². The molecule has 0 fully saturated rings. The Morgan fingerprint density at radius 3 is 0.931 bits per heavy atom. The maximum Gasteiger partial charge on any atom is 0.0601 e. The van der Waals surface area contributed by atoms with Gasteiger partial charge in [0.05, 0.1) is 31.5 Å². The lowest BCUT2D eigenvalue weighted by molar-refractivity contribution is 0.364. The van der Waals surface area contributed by atoms with Crippen LogP contribution in [0.3, 0.4) is 0 Å². The number of thiophene rings is 2. The lowest BCUT2D eigenvalue weighted by atomic mass is 9.93. The SMILES string of the molecule is CCCCCCCCCCC(CCCCCCCC)Cn1c2cc3c4sccc4n(CC(CCCCCCCC)CCCCCCCCCC)c3cc2c2sccc21. The van der Waals surface area contributed by atoms with Crippen LogP contribution in [0.4, 0.5) is 0 Å². The molecule has 0 saturated heterocycles. The maximum atomic E-state index is 2.79. The van der Waals surface area contributed by atoms with Gasteiger partial charge in [0.1, 0.15) is 0 Å². The van der Waals surface area contributed by atoms with Crippen molar-refractivity contribution in [1.82, 2.24) is 9.13 Å². The summed E-state index contributed by atoms with van der Waals surface area (Å²) in [4.78, 5) is 0. The molecule has 0 saturated carbocycles. The molecule has 0 aliphatic rings. The number of nitrogens with zero attached hydrogens (tertiary/aromatic N) is 2. The summed E-state index contributed by atoms with van der Waals surface area (Å²) in [6.07, 6.45) is 45.0. The molecule has 0 aliphatic carbocycles. The van der Waals surface area contributed by atoms with Gasteiger partial charge in [-0.3, -0.25) is 0 Å². The highest BCUT2D eigenvalue weighted by atomic mass is 32.1. The highest BCUT2D eigenvalue weighted by Gasteiger charge is 2.22. The summed E-state index contributed by atoms with van der Waals surface area (Å²) in [6, 6.07) is 10.2. The topological polar surface area (TPSA) is 9.86 Å². The molecule has 4 heteroatoms. The van der Waals surface area contributed by atoms with Crippen molar-refractivity contribution >= 4 is 64.9 Å². The Balaban J connectivity index is 1.35. The summed E-state index contributed by atoms with van der Waals surface area (Å²) in [5.41, 5.74) is 5.96. The third-order valence-corrected chi connectivity index (χ3v) is 15.7. The summed E-state index contributed by atoms with van der Waals surface area (Å²) in [6.45, 7) is 11.7. The van der Waals surface area contributed by atoms with Crippen molar-refractivity contribution in [3.05, 3.63) is 35.0 Å². The molecule has 2 atom stereocenters. The summed E-state index contributed by atoms with van der Waals surface area (Å²) >= 11 is 3.95. The van der Waals surface area contributed by atoms with Gasteiger partial charge in [0.15, 0.2) is 0 Å². The minimum absolute atomic E-state index is 0.770. The minimum Gasteiger partial charge on any atom is -0.339 e. The van der Waals surface area contributed by atoms with Crippen molar-refractivity contribution in [2.24, 2.45) is 11.8 Å². The summed E-state index contributed by atoms with van der Waals surface area (Å²) < 4.78 is 8.60. The fourth-order valence-electron chi connectivity index (χ4n) is 10.2. The van der Waals surface area contributed by atoms with Gasteiger partial charge in [-0.2, -0.15) is 0 Å². The summed E-state index contributed by atoms with van der Waals surface area (Å²) in [7, 11) is 0. The van der Waals surface area contributed by atoms with Gasteiger partial charge < -0.3 is 9.13 Å². The Morgan fingerprint density at radius 1 is 0.362 bits per heavy atom. The first-order chi connectivity index (χ1) is 28.7. The van der Waals surface area contributed by atoms with Gasteiger partial charge in [-0.25, -0.2) is 0 Å². The number of rotatable bonds is 36. The van der Waals surface area contributed by atoms with Crippen LogP contribution in [0.15, 0.2) is 35.0 Å². The lowest BCUT2D eigenvalue weighted by Crippen LogP contribution is -2.12.